The topological polar surface area (TPSA) is 84.2 Å². The molecule has 116 valence electrons. The third-order valence-corrected chi connectivity index (χ3v) is 3.48. The molecule has 0 spiro atoms. The highest BCUT2D eigenvalue weighted by Gasteiger charge is 2.16. The van der Waals surface area contributed by atoms with Crippen molar-refractivity contribution in [2.24, 2.45) is 11.7 Å². The largest absolute Gasteiger partial charge is 0.330 e. The van der Waals surface area contributed by atoms with Crippen LogP contribution in [0.5, 0.6) is 0 Å². The summed E-state index contributed by atoms with van der Waals surface area (Å²) in [5.74, 6) is -0.317. The van der Waals surface area contributed by atoms with Crippen LogP contribution in [0.25, 0.3) is 0 Å². The van der Waals surface area contributed by atoms with Gasteiger partial charge >= 0.3 is 0 Å². The number of rotatable bonds is 7. The van der Waals surface area contributed by atoms with E-state index in [0.717, 1.165) is 12.8 Å². The fraction of sp³-hybridized carbons (Fsp3) is 0.467. The Kier molecular flexibility index (Phi) is 7.19. The first kappa shape index (κ1) is 17.5. The smallest absolute Gasteiger partial charge is 0.227 e. The fourth-order valence-electron chi connectivity index (χ4n) is 1.97. The van der Waals surface area contributed by atoms with E-state index in [-0.39, 0.29) is 30.7 Å². The summed E-state index contributed by atoms with van der Waals surface area (Å²) in [7, 11) is 0. The molecule has 6 heteroatoms. The van der Waals surface area contributed by atoms with E-state index >= 15 is 0 Å². The lowest BCUT2D eigenvalue weighted by Crippen LogP contribution is -2.23. The van der Waals surface area contributed by atoms with Crippen molar-refractivity contribution in [1.29, 1.82) is 0 Å². The zero-order chi connectivity index (χ0) is 15.8. The molecule has 4 N–H and O–H groups in total. The van der Waals surface area contributed by atoms with E-state index in [1.54, 1.807) is 18.2 Å². The van der Waals surface area contributed by atoms with Gasteiger partial charge in [-0.2, -0.15) is 0 Å². The maximum absolute atomic E-state index is 12.1. The molecule has 1 aromatic carbocycles. The molecule has 0 aromatic heterocycles. The van der Waals surface area contributed by atoms with Gasteiger partial charge in [0.2, 0.25) is 11.8 Å². The first-order valence-corrected chi connectivity index (χ1v) is 7.49. The molecule has 2 amide bonds. The van der Waals surface area contributed by atoms with Crippen LogP contribution in [0.1, 0.15) is 33.1 Å². The van der Waals surface area contributed by atoms with Crippen molar-refractivity contribution in [2.75, 3.05) is 17.2 Å². The molecule has 0 saturated carbocycles. The zero-order valence-corrected chi connectivity index (χ0v) is 13.2. The highest BCUT2D eigenvalue weighted by Crippen LogP contribution is 2.27. The maximum Gasteiger partial charge on any atom is 0.227 e. The number of benzene rings is 1. The van der Waals surface area contributed by atoms with E-state index in [9.17, 15) is 9.59 Å². The number of nitrogens with one attached hydrogen (secondary N) is 2. The summed E-state index contributed by atoms with van der Waals surface area (Å²) in [4.78, 5) is 23.8. The van der Waals surface area contributed by atoms with Crippen molar-refractivity contribution >= 4 is 34.8 Å². The van der Waals surface area contributed by atoms with E-state index in [0.29, 0.717) is 16.4 Å². The molecule has 0 atom stereocenters. The van der Waals surface area contributed by atoms with Crippen LogP contribution < -0.4 is 16.4 Å². The number of anilines is 2. The summed E-state index contributed by atoms with van der Waals surface area (Å²) in [5, 5.41) is 6.04. The molecule has 0 aliphatic heterocycles. The quantitative estimate of drug-likeness (QED) is 0.723. The second kappa shape index (κ2) is 8.64. The van der Waals surface area contributed by atoms with Gasteiger partial charge in [0.15, 0.2) is 0 Å². The van der Waals surface area contributed by atoms with Crippen LogP contribution in [0.3, 0.4) is 0 Å². The molecule has 21 heavy (non-hydrogen) atoms. The van der Waals surface area contributed by atoms with Crippen molar-refractivity contribution < 1.29 is 9.59 Å². The summed E-state index contributed by atoms with van der Waals surface area (Å²) in [6.45, 7) is 4.21. The Hall–Kier alpha value is -1.59. The predicted molar refractivity (Wildman–Crippen MR) is 86.5 cm³/mol. The van der Waals surface area contributed by atoms with Gasteiger partial charge in [-0.25, -0.2) is 0 Å². The second-order valence-electron chi connectivity index (χ2n) is 4.78. The standard InChI is InChI=1S/C15H22ClN3O2/c1-3-10(4-2)15(21)19-12-6-5-11(16)9-13(12)18-14(20)7-8-17/h5-6,9-10H,3-4,7-8,17H2,1-2H3,(H,18,20)(H,19,21). The lowest BCUT2D eigenvalue weighted by molar-refractivity contribution is -0.120. The Morgan fingerprint density at radius 1 is 1.19 bits per heavy atom. The molecule has 1 aromatic rings. The van der Waals surface area contributed by atoms with Gasteiger partial charge in [-0.3, -0.25) is 9.59 Å². The van der Waals surface area contributed by atoms with E-state index in [1.807, 2.05) is 13.8 Å². The summed E-state index contributed by atoms with van der Waals surface area (Å²) >= 11 is 5.94. The number of carbonyl (C=O) groups excluding carboxylic acids is 2. The highest BCUT2D eigenvalue weighted by molar-refractivity contribution is 6.31. The van der Waals surface area contributed by atoms with Gasteiger partial charge in [0, 0.05) is 23.9 Å². The number of carbonyl (C=O) groups is 2. The van der Waals surface area contributed by atoms with Gasteiger partial charge in [0.1, 0.15) is 0 Å². The summed E-state index contributed by atoms with van der Waals surface area (Å²) in [6, 6.07) is 4.96. The minimum absolute atomic E-state index is 0.0479. The number of amides is 2. The van der Waals surface area contributed by atoms with Gasteiger partial charge in [0.05, 0.1) is 11.4 Å². The molecule has 0 heterocycles. The number of halogens is 1. The van der Waals surface area contributed by atoms with E-state index in [1.165, 1.54) is 0 Å². The molecule has 0 aliphatic rings. The molecule has 0 aliphatic carbocycles. The van der Waals surface area contributed by atoms with Gasteiger partial charge in [-0.1, -0.05) is 25.4 Å². The van der Waals surface area contributed by atoms with E-state index in [4.69, 9.17) is 17.3 Å². The Bertz CT molecular complexity index is 502. The Morgan fingerprint density at radius 2 is 1.86 bits per heavy atom. The average molecular weight is 312 g/mol. The van der Waals surface area contributed by atoms with Crippen LogP contribution in [0.4, 0.5) is 11.4 Å². The second-order valence-corrected chi connectivity index (χ2v) is 5.22. The molecular formula is C15H22ClN3O2. The van der Waals surface area contributed by atoms with E-state index in [2.05, 4.69) is 10.6 Å². The van der Waals surface area contributed by atoms with Gasteiger partial charge in [-0.15, -0.1) is 0 Å². The Labute approximate surface area is 130 Å². The SMILES string of the molecule is CCC(CC)C(=O)Nc1ccc(Cl)cc1NC(=O)CCN. The third-order valence-electron chi connectivity index (χ3n) is 3.24. The van der Waals surface area contributed by atoms with Crippen molar-refractivity contribution in [3.05, 3.63) is 23.2 Å². The predicted octanol–water partition coefficient (Wildman–Crippen LogP) is 3.00. The molecule has 0 unspecified atom stereocenters. The molecule has 0 fully saturated rings. The summed E-state index contributed by atoms with van der Waals surface area (Å²) < 4.78 is 0. The first-order valence-electron chi connectivity index (χ1n) is 7.12. The molecular weight excluding hydrogens is 290 g/mol. The minimum Gasteiger partial charge on any atom is -0.330 e. The summed E-state index contributed by atoms with van der Waals surface area (Å²) in [6.07, 6.45) is 1.75. The monoisotopic (exact) mass is 311 g/mol. The average Bonchev–Trinajstić information content (AvgIpc) is 2.43. The van der Waals surface area contributed by atoms with Crippen LogP contribution >= 0.6 is 11.6 Å². The summed E-state index contributed by atoms with van der Waals surface area (Å²) in [5.41, 5.74) is 6.38. The molecule has 5 nitrogen and oxygen atoms in total. The molecule has 0 saturated heterocycles. The van der Waals surface area contributed by atoms with Crippen LogP contribution in [0, 0.1) is 5.92 Å². The molecule has 1 rings (SSSR count). The normalized spacial score (nSPS) is 10.5. The Morgan fingerprint density at radius 3 is 2.43 bits per heavy atom. The molecule has 0 bridgehead atoms. The van der Waals surface area contributed by atoms with Crippen LogP contribution in [-0.2, 0) is 9.59 Å². The number of hydrogen-bond donors (Lipinski definition) is 3. The number of hydrogen-bond acceptors (Lipinski definition) is 3. The van der Waals surface area contributed by atoms with Crippen LogP contribution in [0.2, 0.25) is 5.02 Å². The zero-order valence-electron chi connectivity index (χ0n) is 12.4. The van der Waals surface area contributed by atoms with Crippen molar-refractivity contribution in [3.63, 3.8) is 0 Å². The third kappa shape index (κ3) is 5.36. The fourth-order valence-corrected chi connectivity index (χ4v) is 2.14. The Balaban J connectivity index is 2.91. The van der Waals surface area contributed by atoms with Gasteiger partial charge in [-0.05, 0) is 31.0 Å². The van der Waals surface area contributed by atoms with Crippen molar-refractivity contribution in [1.82, 2.24) is 0 Å². The minimum atomic E-state index is -0.210. The van der Waals surface area contributed by atoms with Gasteiger partial charge in [0.25, 0.3) is 0 Å². The van der Waals surface area contributed by atoms with Crippen molar-refractivity contribution in [3.8, 4) is 0 Å². The van der Waals surface area contributed by atoms with Crippen LogP contribution in [0.15, 0.2) is 18.2 Å². The lowest BCUT2D eigenvalue weighted by Gasteiger charge is -2.16. The van der Waals surface area contributed by atoms with Gasteiger partial charge < -0.3 is 16.4 Å². The molecule has 0 radical (unpaired) electrons. The first-order chi connectivity index (χ1) is 10.0. The number of nitrogens with two attached hydrogens (primary N) is 1. The van der Waals surface area contributed by atoms with Crippen LogP contribution in [-0.4, -0.2) is 18.4 Å². The van der Waals surface area contributed by atoms with Crippen molar-refractivity contribution in [2.45, 2.75) is 33.1 Å². The lowest BCUT2D eigenvalue weighted by atomic mass is 10.0. The maximum atomic E-state index is 12.1. The van der Waals surface area contributed by atoms with E-state index < -0.39 is 0 Å². The highest BCUT2D eigenvalue weighted by atomic mass is 35.5.